The molecule has 3 aromatic rings. The van der Waals surface area contributed by atoms with E-state index in [-0.39, 0.29) is 5.91 Å². The van der Waals surface area contributed by atoms with E-state index in [1.807, 2.05) is 27.0 Å². The zero-order valence-electron chi connectivity index (χ0n) is 17.5. The van der Waals surface area contributed by atoms with Gasteiger partial charge in [-0.1, -0.05) is 0 Å². The van der Waals surface area contributed by atoms with E-state index in [0.29, 0.717) is 22.5 Å². The Morgan fingerprint density at radius 3 is 2.50 bits per heavy atom. The molecule has 0 unspecified atom stereocenters. The predicted octanol–water partition coefficient (Wildman–Crippen LogP) is 2.93. The van der Waals surface area contributed by atoms with Crippen molar-refractivity contribution in [3.05, 3.63) is 46.8 Å². The lowest BCUT2D eigenvalue weighted by Crippen LogP contribution is -2.31. The largest absolute Gasteiger partial charge is 0.371 e. The molecule has 0 saturated carbocycles. The van der Waals surface area contributed by atoms with Crippen LogP contribution in [-0.4, -0.2) is 39.7 Å². The molecule has 0 atom stereocenters. The third kappa shape index (κ3) is 3.60. The molecule has 1 aliphatic rings. The molecule has 0 bridgehead atoms. The topological polar surface area (TPSA) is 106 Å². The van der Waals surface area contributed by atoms with Gasteiger partial charge in [0.05, 0.1) is 27.9 Å². The van der Waals surface area contributed by atoms with Gasteiger partial charge in [0.25, 0.3) is 11.8 Å². The van der Waals surface area contributed by atoms with Crippen molar-refractivity contribution < 1.29 is 9.59 Å². The maximum atomic E-state index is 13.2. The molecule has 3 heterocycles. The second kappa shape index (κ2) is 7.78. The van der Waals surface area contributed by atoms with Crippen molar-refractivity contribution >= 4 is 34.2 Å². The van der Waals surface area contributed by atoms with Crippen molar-refractivity contribution in [1.82, 2.24) is 14.8 Å². The van der Waals surface area contributed by atoms with Gasteiger partial charge in [-0.2, -0.15) is 5.10 Å². The fourth-order valence-corrected chi connectivity index (χ4v) is 4.16. The van der Waals surface area contributed by atoms with E-state index < -0.39 is 5.91 Å². The number of pyridine rings is 1. The summed E-state index contributed by atoms with van der Waals surface area (Å²) >= 11 is 0. The third-order valence-electron chi connectivity index (χ3n) is 5.56. The summed E-state index contributed by atoms with van der Waals surface area (Å²) in [6, 6.07) is 7.01. The number of anilines is 2. The van der Waals surface area contributed by atoms with Crippen LogP contribution in [0.3, 0.4) is 0 Å². The molecule has 0 spiro atoms. The van der Waals surface area contributed by atoms with E-state index in [1.165, 1.54) is 6.42 Å². The van der Waals surface area contributed by atoms with Gasteiger partial charge in [-0.15, -0.1) is 0 Å². The first kappa shape index (κ1) is 19.9. The van der Waals surface area contributed by atoms with Crippen LogP contribution in [-0.2, 0) is 7.05 Å². The van der Waals surface area contributed by atoms with E-state index in [2.05, 4.69) is 20.3 Å². The second-order valence-electron chi connectivity index (χ2n) is 7.82. The number of benzene rings is 1. The summed E-state index contributed by atoms with van der Waals surface area (Å²) in [5.74, 6) is -0.705. The maximum absolute atomic E-state index is 13.2. The van der Waals surface area contributed by atoms with E-state index >= 15 is 0 Å². The smallest absolute Gasteiger partial charge is 0.256 e. The first-order valence-corrected chi connectivity index (χ1v) is 10.2. The Labute approximate surface area is 175 Å². The van der Waals surface area contributed by atoms with Gasteiger partial charge >= 0.3 is 0 Å². The highest BCUT2D eigenvalue weighted by Gasteiger charge is 2.21. The Kier molecular flexibility index (Phi) is 5.15. The molecule has 8 heteroatoms. The van der Waals surface area contributed by atoms with Crippen molar-refractivity contribution in [2.45, 2.75) is 33.1 Å². The lowest BCUT2D eigenvalue weighted by Gasteiger charge is -2.30. The van der Waals surface area contributed by atoms with Crippen molar-refractivity contribution in [3.63, 3.8) is 0 Å². The van der Waals surface area contributed by atoms with E-state index in [4.69, 9.17) is 5.73 Å². The van der Waals surface area contributed by atoms with E-state index in [1.54, 1.807) is 22.9 Å². The van der Waals surface area contributed by atoms with Gasteiger partial charge in [0.15, 0.2) is 5.65 Å². The molecule has 156 valence electrons. The minimum absolute atomic E-state index is 0.238. The second-order valence-corrected chi connectivity index (χ2v) is 7.82. The molecule has 2 amide bonds. The van der Waals surface area contributed by atoms with Crippen LogP contribution < -0.4 is 16.0 Å². The summed E-state index contributed by atoms with van der Waals surface area (Å²) in [4.78, 5) is 31.8. The standard InChI is InChI=1S/C22H26N6O2/c1-13-11-17(19-14(2)26-27(3)21(19)24-13)22(30)25-15-7-8-16(20(23)29)18(12-15)28-9-5-4-6-10-28/h7-8,11-12H,4-6,9-10H2,1-3H3,(H2,23,29)(H,25,30). The quantitative estimate of drug-likeness (QED) is 0.693. The number of piperidine rings is 1. The summed E-state index contributed by atoms with van der Waals surface area (Å²) in [5, 5.41) is 8.12. The number of hydrogen-bond donors (Lipinski definition) is 2. The number of aromatic nitrogens is 3. The van der Waals surface area contributed by atoms with E-state index in [0.717, 1.165) is 48.4 Å². The number of amides is 2. The predicted molar refractivity (Wildman–Crippen MR) is 117 cm³/mol. The first-order valence-electron chi connectivity index (χ1n) is 10.2. The highest BCUT2D eigenvalue weighted by molar-refractivity contribution is 6.13. The Morgan fingerprint density at radius 1 is 1.07 bits per heavy atom. The van der Waals surface area contributed by atoms with Crippen LogP contribution in [0.5, 0.6) is 0 Å². The Balaban J connectivity index is 1.70. The van der Waals surface area contributed by atoms with Crippen LogP contribution >= 0.6 is 0 Å². The molecule has 3 N–H and O–H groups in total. The summed E-state index contributed by atoms with van der Waals surface area (Å²) in [7, 11) is 1.82. The third-order valence-corrected chi connectivity index (χ3v) is 5.56. The van der Waals surface area contributed by atoms with Crippen LogP contribution in [0.2, 0.25) is 0 Å². The van der Waals surface area contributed by atoms with Crippen LogP contribution in [0, 0.1) is 13.8 Å². The molecule has 1 aliphatic heterocycles. The number of nitrogens with two attached hydrogens (primary N) is 1. The van der Waals surface area contributed by atoms with Crippen LogP contribution in [0.25, 0.3) is 11.0 Å². The molecular weight excluding hydrogens is 380 g/mol. The van der Waals surface area contributed by atoms with Crippen LogP contribution in [0.1, 0.15) is 51.4 Å². The van der Waals surface area contributed by atoms with Crippen molar-refractivity contribution in [3.8, 4) is 0 Å². The Morgan fingerprint density at radius 2 is 1.80 bits per heavy atom. The summed E-state index contributed by atoms with van der Waals surface area (Å²) in [6.07, 6.45) is 3.33. The lowest BCUT2D eigenvalue weighted by molar-refractivity contribution is 0.0998. The molecule has 0 aliphatic carbocycles. The molecule has 4 rings (SSSR count). The van der Waals surface area contributed by atoms with Gasteiger partial charge in [-0.25, -0.2) is 4.98 Å². The summed E-state index contributed by atoms with van der Waals surface area (Å²) in [5.41, 5.74) is 10.2. The number of hydrogen-bond acceptors (Lipinski definition) is 5. The molecule has 0 radical (unpaired) electrons. The zero-order valence-corrected chi connectivity index (χ0v) is 17.5. The summed E-state index contributed by atoms with van der Waals surface area (Å²) < 4.78 is 1.69. The average Bonchev–Trinajstić information content (AvgIpc) is 3.01. The maximum Gasteiger partial charge on any atom is 0.256 e. The number of rotatable bonds is 4. The fourth-order valence-electron chi connectivity index (χ4n) is 4.16. The number of carbonyl (C=O) groups excluding carboxylic acids is 2. The number of primary amides is 1. The fraction of sp³-hybridized carbons (Fsp3) is 0.364. The van der Waals surface area contributed by atoms with Gasteiger partial charge in [0, 0.05) is 31.5 Å². The molecule has 1 fully saturated rings. The van der Waals surface area contributed by atoms with Crippen molar-refractivity contribution in [1.29, 1.82) is 0 Å². The number of aryl methyl sites for hydroxylation is 3. The normalized spacial score (nSPS) is 14.2. The van der Waals surface area contributed by atoms with Gasteiger partial charge in [-0.3, -0.25) is 14.3 Å². The van der Waals surface area contributed by atoms with Crippen LogP contribution in [0.15, 0.2) is 24.3 Å². The highest BCUT2D eigenvalue weighted by atomic mass is 16.2. The highest BCUT2D eigenvalue weighted by Crippen LogP contribution is 2.29. The minimum atomic E-state index is -0.467. The van der Waals surface area contributed by atoms with Gasteiger partial charge in [0.2, 0.25) is 0 Å². The molecule has 1 aromatic carbocycles. The van der Waals surface area contributed by atoms with E-state index in [9.17, 15) is 9.59 Å². The van der Waals surface area contributed by atoms with Gasteiger partial charge < -0.3 is 16.0 Å². The zero-order chi connectivity index (χ0) is 21.4. The Hall–Kier alpha value is -3.42. The molecule has 30 heavy (non-hydrogen) atoms. The number of nitrogens with one attached hydrogen (secondary N) is 1. The Bertz CT molecular complexity index is 1140. The lowest BCUT2D eigenvalue weighted by atomic mass is 10.1. The SMILES string of the molecule is Cc1cc(C(=O)Nc2ccc(C(N)=O)c(N3CCCCC3)c2)c2c(C)nn(C)c2n1. The molecule has 1 saturated heterocycles. The number of fused-ring (bicyclic) bond motifs is 1. The van der Waals surface area contributed by atoms with Crippen LogP contribution in [0.4, 0.5) is 11.4 Å². The number of nitrogens with zero attached hydrogens (tertiary/aromatic N) is 4. The number of carbonyl (C=O) groups is 2. The van der Waals surface area contributed by atoms with Gasteiger partial charge in [-0.05, 0) is 57.4 Å². The molecule has 2 aromatic heterocycles. The molecular formula is C22H26N6O2. The first-order chi connectivity index (χ1) is 14.3. The molecule has 8 nitrogen and oxygen atoms in total. The average molecular weight is 406 g/mol. The monoisotopic (exact) mass is 406 g/mol. The van der Waals surface area contributed by atoms with Gasteiger partial charge in [0.1, 0.15) is 0 Å². The minimum Gasteiger partial charge on any atom is -0.371 e. The summed E-state index contributed by atoms with van der Waals surface area (Å²) in [6.45, 7) is 5.47. The van der Waals surface area contributed by atoms with Crippen molar-refractivity contribution in [2.24, 2.45) is 12.8 Å². The van der Waals surface area contributed by atoms with Crippen molar-refractivity contribution in [2.75, 3.05) is 23.3 Å².